The zero-order valence-corrected chi connectivity index (χ0v) is 14.6. The van der Waals surface area contributed by atoms with Gasteiger partial charge in [-0.1, -0.05) is 12.1 Å². The molecule has 0 aliphatic carbocycles. The lowest BCUT2D eigenvalue weighted by atomic mass is 10.1. The van der Waals surface area contributed by atoms with E-state index in [0.717, 1.165) is 5.56 Å². The van der Waals surface area contributed by atoms with E-state index >= 15 is 0 Å². The van der Waals surface area contributed by atoms with Crippen LogP contribution in [0.5, 0.6) is 11.5 Å². The van der Waals surface area contributed by atoms with Crippen LogP contribution in [0.15, 0.2) is 57.7 Å². The standard InChI is InChI=1S/C20H19NO5/c1-3-25-15-7-8-16-17(11-19(22)26-18(16)10-15)20(23)21-12-13-5-4-6-14(9-13)24-2/h4-11H,3,12H2,1-2H3,(H,21,23). The van der Waals surface area contributed by atoms with Crippen LogP contribution < -0.4 is 20.4 Å². The highest BCUT2D eigenvalue weighted by Gasteiger charge is 2.14. The van der Waals surface area contributed by atoms with E-state index in [0.29, 0.717) is 35.6 Å². The number of carbonyl (C=O) groups is 1. The maximum Gasteiger partial charge on any atom is 0.337 e. The van der Waals surface area contributed by atoms with Gasteiger partial charge in [-0.15, -0.1) is 0 Å². The fourth-order valence-electron chi connectivity index (χ4n) is 2.65. The summed E-state index contributed by atoms with van der Waals surface area (Å²) < 4.78 is 15.8. The summed E-state index contributed by atoms with van der Waals surface area (Å²) in [7, 11) is 1.59. The van der Waals surface area contributed by atoms with Crippen molar-refractivity contribution >= 4 is 16.9 Å². The normalized spacial score (nSPS) is 10.5. The maximum atomic E-state index is 12.6. The van der Waals surface area contributed by atoms with Gasteiger partial charge in [-0.05, 0) is 36.8 Å². The quantitative estimate of drug-likeness (QED) is 0.689. The first-order valence-corrected chi connectivity index (χ1v) is 8.22. The molecule has 0 radical (unpaired) electrons. The van der Waals surface area contributed by atoms with Crippen molar-refractivity contribution in [1.82, 2.24) is 5.32 Å². The smallest absolute Gasteiger partial charge is 0.337 e. The van der Waals surface area contributed by atoms with E-state index < -0.39 is 5.63 Å². The Morgan fingerprint density at radius 2 is 1.96 bits per heavy atom. The summed E-state index contributed by atoms with van der Waals surface area (Å²) in [5.41, 5.74) is 0.887. The van der Waals surface area contributed by atoms with E-state index in [1.54, 1.807) is 25.3 Å². The first-order chi connectivity index (χ1) is 12.6. The van der Waals surface area contributed by atoms with Crippen LogP contribution in [0.2, 0.25) is 0 Å². The summed E-state index contributed by atoms with van der Waals surface area (Å²) in [5.74, 6) is 0.943. The lowest BCUT2D eigenvalue weighted by Crippen LogP contribution is -2.24. The van der Waals surface area contributed by atoms with Crippen LogP contribution in [0.1, 0.15) is 22.8 Å². The number of ether oxygens (including phenoxy) is 2. The van der Waals surface area contributed by atoms with Gasteiger partial charge >= 0.3 is 5.63 Å². The largest absolute Gasteiger partial charge is 0.497 e. The predicted octanol–water partition coefficient (Wildman–Crippen LogP) is 3.13. The molecule has 2 aromatic carbocycles. The van der Waals surface area contributed by atoms with Crippen LogP contribution in [-0.4, -0.2) is 19.6 Å². The summed E-state index contributed by atoms with van der Waals surface area (Å²) in [6, 6.07) is 13.7. The minimum absolute atomic E-state index is 0.266. The van der Waals surface area contributed by atoms with Gasteiger partial charge in [0, 0.05) is 24.1 Å². The Morgan fingerprint density at radius 1 is 1.12 bits per heavy atom. The van der Waals surface area contributed by atoms with Crippen molar-refractivity contribution < 1.29 is 18.7 Å². The summed E-state index contributed by atoms with van der Waals surface area (Å²) >= 11 is 0. The van der Waals surface area contributed by atoms with Crippen molar-refractivity contribution in [2.75, 3.05) is 13.7 Å². The predicted molar refractivity (Wildman–Crippen MR) is 97.8 cm³/mol. The van der Waals surface area contributed by atoms with Crippen LogP contribution in [0.25, 0.3) is 11.0 Å². The van der Waals surface area contributed by atoms with Crippen LogP contribution in [0.3, 0.4) is 0 Å². The molecule has 26 heavy (non-hydrogen) atoms. The number of rotatable bonds is 6. The maximum absolute atomic E-state index is 12.6. The molecule has 6 nitrogen and oxygen atoms in total. The van der Waals surface area contributed by atoms with Crippen molar-refractivity contribution in [3.05, 3.63) is 70.1 Å². The SMILES string of the molecule is CCOc1ccc2c(C(=O)NCc3cccc(OC)c3)cc(=O)oc2c1. The molecule has 134 valence electrons. The van der Waals surface area contributed by atoms with E-state index in [4.69, 9.17) is 13.9 Å². The Balaban J connectivity index is 1.86. The van der Waals surface area contributed by atoms with Gasteiger partial charge in [0.1, 0.15) is 17.1 Å². The summed E-state index contributed by atoms with van der Waals surface area (Å²) in [6.07, 6.45) is 0. The molecule has 3 rings (SSSR count). The number of methoxy groups -OCH3 is 1. The molecule has 1 amide bonds. The highest BCUT2D eigenvalue weighted by atomic mass is 16.5. The Hall–Kier alpha value is -3.28. The van der Waals surface area contributed by atoms with Crippen molar-refractivity contribution in [3.63, 3.8) is 0 Å². The molecule has 0 spiro atoms. The molecule has 0 aliphatic rings. The molecule has 1 aromatic heterocycles. The second kappa shape index (κ2) is 7.74. The molecule has 0 fully saturated rings. The van der Waals surface area contributed by atoms with Crippen LogP contribution in [0, 0.1) is 0 Å². The van der Waals surface area contributed by atoms with Crippen LogP contribution >= 0.6 is 0 Å². The minimum atomic E-state index is -0.585. The van der Waals surface area contributed by atoms with E-state index in [2.05, 4.69) is 5.32 Å². The molecular weight excluding hydrogens is 334 g/mol. The first-order valence-electron chi connectivity index (χ1n) is 8.22. The number of benzene rings is 2. The highest BCUT2D eigenvalue weighted by molar-refractivity contribution is 6.05. The van der Waals surface area contributed by atoms with Gasteiger partial charge in [-0.2, -0.15) is 0 Å². The zero-order chi connectivity index (χ0) is 18.5. The number of fused-ring (bicyclic) bond motifs is 1. The van der Waals surface area contributed by atoms with Crippen molar-refractivity contribution in [2.24, 2.45) is 0 Å². The second-order valence-corrected chi connectivity index (χ2v) is 5.60. The third-order valence-corrected chi connectivity index (χ3v) is 3.86. The summed E-state index contributed by atoms with van der Waals surface area (Å²) in [5, 5.41) is 3.37. The topological polar surface area (TPSA) is 77.8 Å². The molecule has 1 N–H and O–H groups in total. The Labute approximate surface area is 150 Å². The van der Waals surface area contributed by atoms with Gasteiger partial charge in [-0.3, -0.25) is 4.79 Å². The lowest BCUT2D eigenvalue weighted by Gasteiger charge is -2.09. The molecular formula is C20H19NO5. The molecule has 0 unspecified atom stereocenters. The van der Waals surface area contributed by atoms with Gasteiger partial charge in [0.15, 0.2) is 0 Å². The fraction of sp³-hybridized carbons (Fsp3) is 0.200. The van der Waals surface area contributed by atoms with Gasteiger partial charge in [0.05, 0.1) is 19.3 Å². The van der Waals surface area contributed by atoms with Gasteiger partial charge in [0.2, 0.25) is 0 Å². The third kappa shape index (κ3) is 3.85. The zero-order valence-electron chi connectivity index (χ0n) is 14.6. The molecule has 0 atom stereocenters. The van der Waals surface area contributed by atoms with Crippen molar-refractivity contribution in [2.45, 2.75) is 13.5 Å². The van der Waals surface area contributed by atoms with Crippen molar-refractivity contribution in [1.29, 1.82) is 0 Å². The molecule has 0 aliphatic heterocycles. The summed E-state index contributed by atoms with van der Waals surface area (Å²) in [4.78, 5) is 24.4. The van der Waals surface area contributed by atoms with Gasteiger partial charge < -0.3 is 19.2 Å². The Morgan fingerprint density at radius 3 is 2.73 bits per heavy atom. The van der Waals surface area contributed by atoms with E-state index in [1.165, 1.54) is 6.07 Å². The number of carbonyl (C=O) groups excluding carboxylic acids is 1. The number of amides is 1. The molecule has 0 bridgehead atoms. The molecule has 0 saturated heterocycles. The van der Waals surface area contributed by atoms with Crippen LogP contribution in [-0.2, 0) is 6.54 Å². The fourth-order valence-corrected chi connectivity index (χ4v) is 2.65. The third-order valence-electron chi connectivity index (χ3n) is 3.86. The minimum Gasteiger partial charge on any atom is -0.497 e. The Kier molecular flexibility index (Phi) is 5.22. The average molecular weight is 353 g/mol. The van der Waals surface area contributed by atoms with Crippen molar-refractivity contribution in [3.8, 4) is 11.5 Å². The average Bonchev–Trinajstić information content (AvgIpc) is 2.65. The molecule has 0 saturated carbocycles. The van der Waals surface area contributed by atoms with E-state index in [9.17, 15) is 9.59 Å². The van der Waals surface area contributed by atoms with Gasteiger partial charge in [-0.25, -0.2) is 4.79 Å². The number of nitrogens with one attached hydrogen (secondary N) is 1. The number of hydrogen-bond donors (Lipinski definition) is 1. The monoisotopic (exact) mass is 353 g/mol. The van der Waals surface area contributed by atoms with E-state index in [1.807, 2.05) is 31.2 Å². The summed E-state index contributed by atoms with van der Waals surface area (Å²) in [6.45, 7) is 2.67. The highest BCUT2D eigenvalue weighted by Crippen LogP contribution is 2.23. The lowest BCUT2D eigenvalue weighted by molar-refractivity contribution is 0.0952. The number of hydrogen-bond acceptors (Lipinski definition) is 5. The first kappa shape index (κ1) is 17.5. The van der Waals surface area contributed by atoms with Gasteiger partial charge in [0.25, 0.3) is 5.91 Å². The van der Waals surface area contributed by atoms with Crippen LogP contribution in [0.4, 0.5) is 0 Å². The Bertz CT molecular complexity index is 993. The molecule has 1 heterocycles. The molecule has 3 aromatic rings. The van der Waals surface area contributed by atoms with E-state index in [-0.39, 0.29) is 11.5 Å². The molecule has 6 heteroatoms. The second-order valence-electron chi connectivity index (χ2n) is 5.60.